The molecule has 3 fully saturated rings. The van der Waals surface area contributed by atoms with Crippen LogP contribution in [0.4, 0.5) is 0 Å². The van der Waals surface area contributed by atoms with Gasteiger partial charge in [0.2, 0.25) is 11.8 Å². The first-order valence-corrected chi connectivity index (χ1v) is 9.21. The second-order valence-electron chi connectivity index (χ2n) is 6.97. The molecule has 0 N–H and O–H groups in total. The van der Waals surface area contributed by atoms with Gasteiger partial charge in [-0.1, -0.05) is 29.3 Å². The number of nitrogens with zero attached hydrogens (tertiary/aromatic N) is 1. The van der Waals surface area contributed by atoms with E-state index in [1.807, 2.05) is 0 Å². The van der Waals surface area contributed by atoms with Crippen LogP contribution in [0.5, 0.6) is 0 Å². The number of amides is 2. The molecular weight excluding hydrogens is 334 g/mol. The van der Waals surface area contributed by atoms with Gasteiger partial charge in [-0.15, -0.1) is 0 Å². The first kappa shape index (κ1) is 15.5. The fraction of sp³-hybridized carbons (Fsp3) is 0.875. The Balaban J connectivity index is 1.72. The summed E-state index contributed by atoms with van der Waals surface area (Å²) in [5.41, 5.74) is 0.00631. The Morgan fingerprint density at radius 1 is 1.19 bits per heavy atom. The summed E-state index contributed by atoms with van der Waals surface area (Å²) in [7, 11) is 0. The molecule has 0 aromatic heterocycles. The van der Waals surface area contributed by atoms with E-state index in [1.54, 1.807) is 4.90 Å². The molecule has 2 heterocycles. The van der Waals surface area contributed by atoms with E-state index in [4.69, 9.17) is 4.74 Å². The van der Waals surface area contributed by atoms with E-state index >= 15 is 0 Å². The highest BCUT2D eigenvalue weighted by Gasteiger charge is 2.53. The van der Waals surface area contributed by atoms with Crippen LogP contribution in [0.1, 0.15) is 39.0 Å². The molecule has 5 heteroatoms. The van der Waals surface area contributed by atoms with Crippen LogP contribution in [-0.4, -0.2) is 41.8 Å². The number of hydrogen-bond acceptors (Lipinski definition) is 3. The summed E-state index contributed by atoms with van der Waals surface area (Å²) in [6.45, 7) is 4.18. The van der Waals surface area contributed by atoms with Crippen LogP contribution in [0.15, 0.2) is 0 Å². The van der Waals surface area contributed by atoms with Crippen LogP contribution in [0, 0.1) is 23.2 Å². The fourth-order valence-corrected chi connectivity index (χ4v) is 4.90. The van der Waals surface area contributed by atoms with Crippen LogP contribution in [0.25, 0.3) is 0 Å². The van der Waals surface area contributed by atoms with E-state index in [0.717, 1.165) is 50.6 Å². The highest BCUT2D eigenvalue weighted by atomic mass is 79.9. The summed E-state index contributed by atoms with van der Waals surface area (Å²) in [5, 5.41) is 0.827. The topological polar surface area (TPSA) is 46.6 Å². The van der Waals surface area contributed by atoms with Crippen molar-refractivity contribution in [2.45, 2.75) is 39.0 Å². The minimum atomic E-state index is -0.0327. The molecule has 2 unspecified atom stereocenters. The van der Waals surface area contributed by atoms with E-state index in [0.29, 0.717) is 12.5 Å². The van der Waals surface area contributed by atoms with E-state index < -0.39 is 0 Å². The lowest BCUT2D eigenvalue weighted by Gasteiger charge is -2.38. The summed E-state index contributed by atoms with van der Waals surface area (Å²) in [5.74, 6) is 0.674. The van der Waals surface area contributed by atoms with Gasteiger partial charge in [0, 0.05) is 30.5 Å². The number of ether oxygens (including phenoxy) is 1. The molecule has 1 saturated carbocycles. The summed E-state index contributed by atoms with van der Waals surface area (Å²) >= 11 is 3.59. The number of alkyl halides is 1. The van der Waals surface area contributed by atoms with Gasteiger partial charge in [0.05, 0.1) is 11.8 Å². The van der Waals surface area contributed by atoms with Gasteiger partial charge in [0.1, 0.15) is 0 Å². The van der Waals surface area contributed by atoms with Crippen molar-refractivity contribution in [2.24, 2.45) is 23.2 Å². The van der Waals surface area contributed by atoms with Gasteiger partial charge >= 0.3 is 0 Å². The molecule has 0 aromatic carbocycles. The van der Waals surface area contributed by atoms with Crippen molar-refractivity contribution in [1.29, 1.82) is 0 Å². The smallest absolute Gasteiger partial charge is 0.233 e. The largest absolute Gasteiger partial charge is 0.381 e. The molecule has 3 aliphatic rings. The highest BCUT2D eigenvalue weighted by molar-refractivity contribution is 9.09. The molecule has 2 aliphatic heterocycles. The Morgan fingerprint density at radius 2 is 1.76 bits per heavy atom. The number of hydrogen-bond donors (Lipinski definition) is 0. The second-order valence-corrected chi connectivity index (χ2v) is 7.53. The fourth-order valence-electron chi connectivity index (χ4n) is 4.16. The third-order valence-electron chi connectivity index (χ3n) is 5.73. The maximum Gasteiger partial charge on any atom is 0.233 e. The van der Waals surface area contributed by atoms with Crippen molar-refractivity contribution in [2.75, 3.05) is 25.1 Å². The second kappa shape index (κ2) is 5.99. The maximum absolute atomic E-state index is 12.6. The van der Waals surface area contributed by atoms with Crippen molar-refractivity contribution in [1.82, 2.24) is 4.90 Å². The average Bonchev–Trinajstić information content (AvgIpc) is 3.04. The van der Waals surface area contributed by atoms with Gasteiger partial charge in [0.25, 0.3) is 0 Å². The van der Waals surface area contributed by atoms with Gasteiger partial charge in [0.15, 0.2) is 0 Å². The minimum Gasteiger partial charge on any atom is -0.381 e. The Hall–Kier alpha value is -0.420. The van der Waals surface area contributed by atoms with Gasteiger partial charge < -0.3 is 4.74 Å². The average molecular weight is 358 g/mol. The van der Waals surface area contributed by atoms with E-state index in [9.17, 15) is 9.59 Å². The lowest BCUT2D eigenvalue weighted by Crippen LogP contribution is -2.45. The molecule has 2 atom stereocenters. The van der Waals surface area contributed by atoms with E-state index in [2.05, 4.69) is 22.9 Å². The number of halogens is 1. The minimum absolute atomic E-state index is 0.00631. The SMILES string of the molecule is CCC1CC2C(=O)N(CC3(CBr)CCOCC3)C(=O)C2C1. The number of carbonyl (C=O) groups is 2. The number of imide groups is 1. The first-order valence-electron chi connectivity index (χ1n) is 8.09. The number of rotatable bonds is 4. The predicted molar refractivity (Wildman–Crippen MR) is 83.0 cm³/mol. The van der Waals surface area contributed by atoms with Gasteiger partial charge in [-0.2, -0.15) is 0 Å². The summed E-state index contributed by atoms with van der Waals surface area (Å²) in [6, 6.07) is 0. The molecule has 1 aliphatic carbocycles. The molecule has 0 radical (unpaired) electrons. The Bertz CT molecular complexity index is 409. The predicted octanol–water partition coefficient (Wildman–Crippen LogP) is 2.60. The summed E-state index contributed by atoms with van der Waals surface area (Å²) < 4.78 is 5.44. The summed E-state index contributed by atoms with van der Waals surface area (Å²) in [4.78, 5) is 26.9. The van der Waals surface area contributed by atoms with Crippen molar-refractivity contribution in [3.63, 3.8) is 0 Å². The molecular formula is C16H24BrNO3. The highest BCUT2D eigenvalue weighted by Crippen LogP contribution is 2.46. The maximum atomic E-state index is 12.6. The van der Waals surface area contributed by atoms with Crippen LogP contribution in [0.2, 0.25) is 0 Å². The van der Waals surface area contributed by atoms with Crippen LogP contribution >= 0.6 is 15.9 Å². The van der Waals surface area contributed by atoms with Gasteiger partial charge in [-0.3, -0.25) is 14.5 Å². The third-order valence-corrected chi connectivity index (χ3v) is 6.92. The van der Waals surface area contributed by atoms with Crippen LogP contribution in [0.3, 0.4) is 0 Å². The van der Waals surface area contributed by atoms with Crippen LogP contribution < -0.4 is 0 Å². The Morgan fingerprint density at radius 3 is 2.24 bits per heavy atom. The zero-order chi connectivity index (χ0) is 15.0. The van der Waals surface area contributed by atoms with Crippen molar-refractivity contribution < 1.29 is 14.3 Å². The van der Waals surface area contributed by atoms with Gasteiger partial charge in [-0.25, -0.2) is 0 Å². The molecule has 0 aromatic rings. The van der Waals surface area contributed by atoms with E-state index in [-0.39, 0.29) is 29.1 Å². The first-order chi connectivity index (χ1) is 10.1. The quantitative estimate of drug-likeness (QED) is 0.573. The van der Waals surface area contributed by atoms with Gasteiger partial charge in [-0.05, 0) is 31.6 Å². The summed E-state index contributed by atoms with van der Waals surface area (Å²) in [6.07, 6.45) is 4.74. The lowest BCUT2D eigenvalue weighted by atomic mass is 9.82. The normalized spacial score (nSPS) is 35.3. The molecule has 21 heavy (non-hydrogen) atoms. The van der Waals surface area contributed by atoms with E-state index in [1.165, 1.54) is 0 Å². The molecule has 2 amide bonds. The molecule has 0 spiro atoms. The molecule has 0 bridgehead atoms. The van der Waals surface area contributed by atoms with Crippen molar-refractivity contribution in [3.05, 3.63) is 0 Å². The molecule has 118 valence electrons. The molecule has 2 saturated heterocycles. The Kier molecular flexibility index (Phi) is 4.42. The zero-order valence-corrected chi connectivity index (χ0v) is 14.2. The van der Waals surface area contributed by atoms with Crippen LogP contribution in [-0.2, 0) is 14.3 Å². The number of fused-ring (bicyclic) bond motifs is 1. The zero-order valence-electron chi connectivity index (χ0n) is 12.6. The Labute approximate surface area is 134 Å². The number of carbonyl (C=O) groups excluding carboxylic acids is 2. The number of likely N-dealkylation sites (tertiary alicyclic amines) is 1. The molecule has 3 rings (SSSR count). The van der Waals surface area contributed by atoms with Crippen molar-refractivity contribution in [3.8, 4) is 0 Å². The third kappa shape index (κ3) is 2.67. The molecule has 4 nitrogen and oxygen atoms in total. The lowest BCUT2D eigenvalue weighted by molar-refractivity contribution is -0.143. The standard InChI is InChI=1S/C16H24BrNO3/c1-2-11-7-12-13(8-11)15(20)18(14(12)19)10-16(9-17)3-5-21-6-4-16/h11-13H,2-10H2,1H3. The monoisotopic (exact) mass is 357 g/mol. The van der Waals surface area contributed by atoms with Crippen molar-refractivity contribution >= 4 is 27.7 Å².